The van der Waals surface area contributed by atoms with Gasteiger partial charge in [-0.25, -0.2) is 0 Å². The first kappa shape index (κ1) is 24.5. The molecule has 2 heteroatoms. The minimum Gasteiger partial charge on any atom is -0.494 e. The van der Waals surface area contributed by atoms with E-state index in [1.165, 1.54) is 96.3 Å². The number of ether oxygens (including phenoxy) is 1. The summed E-state index contributed by atoms with van der Waals surface area (Å²) in [6, 6.07) is 10.1. The van der Waals surface area contributed by atoms with E-state index in [0.717, 1.165) is 24.3 Å². The van der Waals surface area contributed by atoms with Crippen LogP contribution in [0, 0.1) is 11.3 Å². The van der Waals surface area contributed by atoms with Crippen molar-refractivity contribution < 1.29 is 4.74 Å². The number of benzene rings is 1. The Morgan fingerprint density at radius 3 is 1.50 bits per heavy atom. The summed E-state index contributed by atoms with van der Waals surface area (Å²) in [4.78, 5) is 0. The first-order chi connectivity index (χ1) is 13.9. The Morgan fingerprint density at radius 2 is 1.07 bits per heavy atom. The van der Waals surface area contributed by atoms with E-state index in [2.05, 4.69) is 13.0 Å². The minimum absolute atomic E-state index is 0.472. The molecular weight excluding hydrogens is 342 g/mol. The number of unbranched alkanes of at least 4 members (excludes halogenated alkanes) is 15. The van der Waals surface area contributed by atoms with E-state index in [1.807, 2.05) is 24.3 Å². The SMILES string of the molecule is CCCCCCCCCCCCCCCCCCOc1ccc(CC#N)cc1. The first-order valence-electron chi connectivity index (χ1n) is 12.0. The molecule has 0 heterocycles. The second-order valence-corrected chi connectivity index (χ2v) is 8.13. The van der Waals surface area contributed by atoms with Crippen molar-refractivity contribution >= 4 is 0 Å². The third-order valence-corrected chi connectivity index (χ3v) is 5.47. The van der Waals surface area contributed by atoms with Gasteiger partial charge >= 0.3 is 0 Å². The quantitative estimate of drug-likeness (QED) is 0.224. The maximum atomic E-state index is 8.67. The van der Waals surface area contributed by atoms with Crippen molar-refractivity contribution in [1.29, 1.82) is 5.26 Å². The van der Waals surface area contributed by atoms with E-state index in [-0.39, 0.29) is 0 Å². The molecule has 0 radical (unpaired) electrons. The average molecular weight is 386 g/mol. The van der Waals surface area contributed by atoms with Crippen molar-refractivity contribution in [2.24, 2.45) is 0 Å². The van der Waals surface area contributed by atoms with Crippen LogP contribution in [0.5, 0.6) is 5.75 Å². The van der Waals surface area contributed by atoms with E-state index in [0.29, 0.717) is 6.42 Å². The Balaban J connectivity index is 1.78. The van der Waals surface area contributed by atoms with Gasteiger partial charge in [-0.3, -0.25) is 0 Å². The smallest absolute Gasteiger partial charge is 0.119 e. The van der Waals surface area contributed by atoms with Gasteiger partial charge in [0.05, 0.1) is 19.1 Å². The zero-order valence-corrected chi connectivity index (χ0v) is 18.4. The number of nitriles is 1. The number of rotatable bonds is 19. The van der Waals surface area contributed by atoms with E-state index >= 15 is 0 Å². The highest BCUT2D eigenvalue weighted by Crippen LogP contribution is 2.15. The second-order valence-electron chi connectivity index (χ2n) is 8.13. The lowest BCUT2D eigenvalue weighted by molar-refractivity contribution is 0.304. The Kier molecular flexibility index (Phi) is 16.5. The molecule has 0 aliphatic heterocycles. The summed E-state index contributed by atoms with van der Waals surface area (Å²) in [5.74, 6) is 0.919. The van der Waals surface area contributed by atoms with E-state index in [9.17, 15) is 0 Å². The van der Waals surface area contributed by atoms with Crippen molar-refractivity contribution in [3.63, 3.8) is 0 Å². The van der Waals surface area contributed by atoms with Gasteiger partial charge < -0.3 is 4.74 Å². The fraction of sp³-hybridized carbons (Fsp3) is 0.731. The highest BCUT2D eigenvalue weighted by Gasteiger charge is 1.97. The van der Waals surface area contributed by atoms with Gasteiger partial charge in [0, 0.05) is 0 Å². The summed E-state index contributed by atoms with van der Waals surface area (Å²) < 4.78 is 5.78. The molecule has 0 spiro atoms. The maximum Gasteiger partial charge on any atom is 0.119 e. The van der Waals surface area contributed by atoms with E-state index in [1.54, 1.807) is 0 Å². The van der Waals surface area contributed by atoms with Crippen LogP contribution in [0.1, 0.15) is 115 Å². The highest BCUT2D eigenvalue weighted by molar-refractivity contribution is 5.28. The topological polar surface area (TPSA) is 33.0 Å². The molecule has 0 unspecified atom stereocenters. The van der Waals surface area contributed by atoms with Crippen molar-refractivity contribution in [3.8, 4) is 11.8 Å². The molecule has 0 saturated carbocycles. The third kappa shape index (κ3) is 14.6. The minimum atomic E-state index is 0.472. The number of hydrogen-bond acceptors (Lipinski definition) is 2. The van der Waals surface area contributed by atoms with Gasteiger partial charge in [0.15, 0.2) is 0 Å². The molecule has 1 aromatic carbocycles. The van der Waals surface area contributed by atoms with Gasteiger partial charge in [-0.2, -0.15) is 5.26 Å². The van der Waals surface area contributed by atoms with Crippen molar-refractivity contribution in [1.82, 2.24) is 0 Å². The number of hydrogen-bond donors (Lipinski definition) is 0. The Labute approximate surface area is 174 Å². The van der Waals surface area contributed by atoms with Crippen molar-refractivity contribution in [2.45, 2.75) is 116 Å². The highest BCUT2D eigenvalue weighted by atomic mass is 16.5. The molecule has 158 valence electrons. The van der Waals surface area contributed by atoms with E-state index < -0.39 is 0 Å². The largest absolute Gasteiger partial charge is 0.494 e. The van der Waals surface area contributed by atoms with Gasteiger partial charge in [-0.05, 0) is 24.1 Å². The molecule has 28 heavy (non-hydrogen) atoms. The predicted octanol–water partition coefficient (Wildman–Crippen LogP) is 8.39. The Bertz CT molecular complexity index is 488. The van der Waals surface area contributed by atoms with Crippen LogP contribution in [0.4, 0.5) is 0 Å². The summed E-state index contributed by atoms with van der Waals surface area (Å²) >= 11 is 0. The summed E-state index contributed by atoms with van der Waals surface area (Å²) in [6.07, 6.45) is 22.8. The average Bonchev–Trinajstić information content (AvgIpc) is 2.72. The van der Waals surface area contributed by atoms with E-state index in [4.69, 9.17) is 10.00 Å². The molecule has 1 rings (SSSR count). The van der Waals surface area contributed by atoms with Crippen LogP contribution in [-0.4, -0.2) is 6.61 Å². The standard InChI is InChI=1S/C26H43NO/c1-2-3-4-5-6-7-8-9-10-11-12-13-14-15-16-17-24-28-26-20-18-25(19-21-26)22-23-27/h18-21H,2-17,22,24H2,1H3. The molecule has 0 bridgehead atoms. The second kappa shape index (κ2) is 18.9. The predicted molar refractivity (Wildman–Crippen MR) is 121 cm³/mol. The summed E-state index contributed by atoms with van der Waals surface area (Å²) in [6.45, 7) is 3.09. The van der Waals surface area contributed by atoms with Crippen LogP contribution in [0.2, 0.25) is 0 Å². The lowest BCUT2D eigenvalue weighted by Gasteiger charge is -2.07. The molecular formula is C26H43NO. The first-order valence-corrected chi connectivity index (χ1v) is 12.0. The normalized spacial score (nSPS) is 10.7. The molecule has 0 saturated heterocycles. The van der Waals surface area contributed by atoms with Crippen molar-refractivity contribution in [2.75, 3.05) is 6.61 Å². The van der Waals surface area contributed by atoms with Gasteiger partial charge in [-0.15, -0.1) is 0 Å². The summed E-state index contributed by atoms with van der Waals surface area (Å²) in [7, 11) is 0. The van der Waals surface area contributed by atoms with Gasteiger partial charge in [0.25, 0.3) is 0 Å². The lowest BCUT2D eigenvalue weighted by Crippen LogP contribution is -1.97. The van der Waals surface area contributed by atoms with Crippen LogP contribution in [-0.2, 0) is 6.42 Å². The summed E-state index contributed by atoms with van der Waals surface area (Å²) in [5, 5.41) is 8.67. The lowest BCUT2D eigenvalue weighted by atomic mass is 10.0. The third-order valence-electron chi connectivity index (χ3n) is 5.47. The molecule has 0 aliphatic rings. The summed E-state index contributed by atoms with van der Waals surface area (Å²) in [5.41, 5.74) is 1.05. The molecule has 2 nitrogen and oxygen atoms in total. The monoisotopic (exact) mass is 385 g/mol. The van der Waals surface area contributed by atoms with Crippen molar-refractivity contribution in [3.05, 3.63) is 29.8 Å². The molecule has 0 aliphatic carbocycles. The molecule has 0 amide bonds. The van der Waals surface area contributed by atoms with Crippen LogP contribution in [0.3, 0.4) is 0 Å². The molecule has 0 aromatic heterocycles. The molecule has 0 fully saturated rings. The maximum absolute atomic E-state index is 8.67. The Hall–Kier alpha value is -1.49. The van der Waals surface area contributed by atoms with Gasteiger partial charge in [0.1, 0.15) is 5.75 Å². The molecule has 1 aromatic rings. The van der Waals surface area contributed by atoms with Crippen LogP contribution >= 0.6 is 0 Å². The molecule has 0 N–H and O–H groups in total. The van der Waals surface area contributed by atoms with Crippen LogP contribution < -0.4 is 4.74 Å². The molecule has 0 atom stereocenters. The van der Waals surface area contributed by atoms with Crippen LogP contribution in [0.15, 0.2) is 24.3 Å². The number of nitrogens with zero attached hydrogens (tertiary/aromatic N) is 1. The zero-order chi connectivity index (χ0) is 20.1. The van der Waals surface area contributed by atoms with Crippen LogP contribution in [0.25, 0.3) is 0 Å². The Morgan fingerprint density at radius 1 is 0.643 bits per heavy atom. The fourth-order valence-corrected chi connectivity index (χ4v) is 3.63. The van der Waals surface area contributed by atoms with Gasteiger partial charge in [0.2, 0.25) is 0 Å². The zero-order valence-electron chi connectivity index (χ0n) is 18.4. The fourth-order valence-electron chi connectivity index (χ4n) is 3.63. The van der Waals surface area contributed by atoms with Gasteiger partial charge in [-0.1, -0.05) is 115 Å².